The molecule has 1 fully saturated rings. The molecule has 1 saturated heterocycles. The van der Waals surface area contributed by atoms with Crippen molar-refractivity contribution in [1.29, 1.82) is 5.26 Å². The molecule has 1 unspecified atom stereocenters. The van der Waals surface area contributed by atoms with E-state index in [0.717, 1.165) is 6.54 Å². The van der Waals surface area contributed by atoms with Crippen molar-refractivity contribution in [2.24, 2.45) is 0 Å². The molecule has 1 aliphatic rings. The number of nitrogens with one attached hydrogen (secondary N) is 1. The lowest BCUT2D eigenvalue weighted by Gasteiger charge is -2.30. The van der Waals surface area contributed by atoms with Crippen molar-refractivity contribution in [1.82, 2.24) is 9.62 Å². The summed E-state index contributed by atoms with van der Waals surface area (Å²) in [7, 11) is -1.58. The van der Waals surface area contributed by atoms with Crippen molar-refractivity contribution in [3.05, 3.63) is 29.8 Å². The molecule has 1 aromatic carbocycles. The first-order chi connectivity index (χ1) is 9.51. The van der Waals surface area contributed by atoms with Gasteiger partial charge in [0.15, 0.2) is 0 Å². The lowest BCUT2D eigenvalue weighted by Crippen LogP contribution is -2.45. The zero-order valence-electron chi connectivity index (χ0n) is 11.2. The average molecular weight is 295 g/mol. The Balaban J connectivity index is 1.98. The minimum absolute atomic E-state index is 0.137. The third-order valence-corrected chi connectivity index (χ3v) is 4.58. The van der Waals surface area contributed by atoms with Gasteiger partial charge in [-0.15, -0.1) is 0 Å². The molecule has 2 rings (SSSR count). The van der Waals surface area contributed by atoms with E-state index < -0.39 is 10.0 Å². The van der Waals surface area contributed by atoms with Crippen molar-refractivity contribution >= 4 is 10.0 Å². The largest absolute Gasteiger partial charge is 0.374 e. The van der Waals surface area contributed by atoms with Gasteiger partial charge in [-0.05, 0) is 31.3 Å². The molecule has 1 heterocycles. The van der Waals surface area contributed by atoms with Crippen LogP contribution in [0.25, 0.3) is 0 Å². The summed E-state index contributed by atoms with van der Waals surface area (Å²) in [5.74, 6) is 0. The van der Waals surface area contributed by atoms with Crippen LogP contribution in [-0.2, 0) is 14.8 Å². The Morgan fingerprint density at radius 2 is 2.15 bits per heavy atom. The lowest BCUT2D eigenvalue weighted by molar-refractivity contribution is -0.0156. The molecule has 1 aliphatic heterocycles. The van der Waals surface area contributed by atoms with Gasteiger partial charge in [-0.25, -0.2) is 13.1 Å². The molecule has 0 bridgehead atoms. The SMILES string of the molecule is CN1CCOC(CNS(=O)(=O)c2ccc(C#N)cc2)C1. The first kappa shape index (κ1) is 14.9. The number of ether oxygens (including phenoxy) is 1. The van der Waals surface area contributed by atoms with E-state index in [1.165, 1.54) is 24.3 Å². The highest BCUT2D eigenvalue weighted by Gasteiger charge is 2.21. The third kappa shape index (κ3) is 3.77. The van der Waals surface area contributed by atoms with Gasteiger partial charge in [0, 0.05) is 19.6 Å². The molecule has 1 aromatic rings. The predicted molar refractivity (Wildman–Crippen MR) is 73.6 cm³/mol. The zero-order valence-corrected chi connectivity index (χ0v) is 12.1. The molecule has 20 heavy (non-hydrogen) atoms. The lowest BCUT2D eigenvalue weighted by atomic mass is 10.2. The molecule has 7 heteroatoms. The van der Waals surface area contributed by atoms with Crippen molar-refractivity contribution < 1.29 is 13.2 Å². The van der Waals surface area contributed by atoms with Crippen LogP contribution in [0.4, 0.5) is 0 Å². The summed E-state index contributed by atoms with van der Waals surface area (Å²) in [5.41, 5.74) is 0.432. The first-order valence-electron chi connectivity index (χ1n) is 6.31. The molecule has 108 valence electrons. The highest BCUT2D eigenvalue weighted by atomic mass is 32.2. The van der Waals surface area contributed by atoms with Crippen LogP contribution in [0.1, 0.15) is 5.56 Å². The van der Waals surface area contributed by atoms with Gasteiger partial charge in [0.25, 0.3) is 0 Å². The molecule has 0 radical (unpaired) electrons. The monoisotopic (exact) mass is 295 g/mol. The Morgan fingerprint density at radius 3 is 2.75 bits per heavy atom. The Morgan fingerprint density at radius 1 is 1.45 bits per heavy atom. The molecule has 0 amide bonds. The molecule has 0 aliphatic carbocycles. The van der Waals surface area contributed by atoms with E-state index in [1.54, 1.807) is 0 Å². The number of sulfonamides is 1. The number of hydrogen-bond donors (Lipinski definition) is 1. The second-order valence-corrected chi connectivity index (χ2v) is 6.51. The number of likely N-dealkylation sites (N-methyl/N-ethyl adjacent to an activating group) is 1. The van der Waals surface area contributed by atoms with E-state index in [4.69, 9.17) is 10.00 Å². The summed E-state index contributed by atoms with van der Waals surface area (Å²) in [5, 5.41) is 8.69. The van der Waals surface area contributed by atoms with E-state index in [-0.39, 0.29) is 17.5 Å². The maximum atomic E-state index is 12.1. The quantitative estimate of drug-likeness (QED) is 0.856. The van der Waals surface area contributed by atoms with Gasteiger partial charge in [-0.2, -0.15) is 5.26 Å². The van der Waals surface area contributed by atoms with E-state index in [1.807, 2.05) is 13.1 Å². The summed E-state index contributed by atoms with van der Waals surface area (Å²) in [4.78, 5) is 2.25. The van der Waals surface area contributed by atoms with Crippen LogP contribution in [0.2, 0.25) is 0 Å². The van der Waals surface area contributed by atoms with Crippen LogP contribution in [0, 0.1) is 11.3 Å². The predicted octanol–water partition coefficient (Wildman–Crippen LogP) is 0.167. The summed E-state index contributed by atoms with van der Waals surface area (Å²) < 4.78 is 32.2. The van der Waals surface area contributed by atoms with E-state index >= 15 is 0 Å². The van der Waals surface area contributed by atoms with Crippen molar-refractivity contribution in [3.63, 3.8) is 0 Å². The number of hydrogen-bond acceptors (Lipinski definition) is 5. The highest BCUT2D eigenvalue weighted by Crippen LogP contribution is 2.10. The fourth-order valence-corrected chi connectivity index (χ4v) is 3.05. The molecular formula is C13H17N3O3S. The van der Waals surface area contributed by atoms with E-state index in [0.29, 0.717) is 18.7 Å². The third-order valence-electron chi connectivity index (χ3n) is 3.14. The summed E-state index contributed by atoms with van der Waals surface area (Å²) in [6.07, 6.45) is -0.137. The molecular weight excluding hydrogens is 278 g/mol. The summed E-state index contributed by atoms with van der Waals surface area (Å²) in [6, 6.07) is 7.78. The number of rotatable bonds is 4. The molecule has 1 N–H and O–H groups in total. The number of morpholine rings is 1. The zero-order chi connectivity index (χ0) is 14.6. The van der Waals surface area contributed by atoms with Crippen molar-refractivity contribution in [2.75, 3.05) is 33.3 Å². The average Bonchev–Trinajstić information content (AvgIpc) is 2.45. The maximum Gasteiger partial charge on any atom is 0.240 e. The maximum absolute atomic E-state index is 12.1. The van der Waals surface area contributed by atoms with Crippen LogP contribution >= 0.6 is 0 Å². The fourth-order valence-electron chi connectivity index (χ4n) is 1.98. The molecule has 6 nitrogen and oxygen atoms in total. The van der Waals surface area contributed by atoms with E-state index in [2.05, 4.69) is 9.62 Å². The van der Waals surface area contributed by atoms with Crippen LogP contribution < -0.4 is 4.72 Å². The molecule has 0 spiro atoms. The second-order valence-electron chi connectivity index (χ2n) is 4.74. The second kappa shape index (κ2) is 6.33. The van der Waals surface area contributed by atoms with Gasteiger partial charge in [-0.1, -0.05) is 0 Å². The van der Waals surface area contributed by atoms with Gasteiger partial charge < -0.3 is 9.64 Å². The number of nitriles is 1. The Labute approximate surface area is 119 Å². The smallest absolute Gasteiger partial charge is 0.240 e. The van der Waals surface area contributed by atoms with Crippen LogP contribution in [0.15, 0.2) is 29.2 Å². The normalized spacial score (nSPS) is 20.5. The fraction of sp³-hybridized carbons (Fsp3) is 0.462. The van der Waals surface area contributed by atoms with Crippen molar-refractivity contribution in [3.8, 4) is 6.07 Å². The Kier molecular flexibility index (Phi) is 4.73. The van der Waals surface area contributed by atoms with E-state index in [9.17, 15) is 8.42 Å². The van der Waals surface area contributed by atoms with Crippen molar-refractivity contribution in [2.45, 2.75) is 11.0 Å². The molecule has 1 atom stereocenters. The van der Waals surface area contributed by atoms with Gasteiger partial charge in [-0.3, -0.25) is 0 Å². The van der Waals surface area contributed by atoms with Gasteiger partial charge in [0.2, 0.25) is 10.0 Å². The summed E-state index contributed by atoms with van der Waals surface area (Å²) >= 11 is 0. The van der Waals surface area contributed by atoms with Crippen LogP contribution in [0.5, 0.6) is 0 Å². The topological polar surface area (TPSA) is 82.4 Å². The summed E-state index contributed by atoms with van der Waals surface area (Å²) in [6.45, 7) is 2.42. The minimum Gasteiger partial charge on any atom is -0.374 e. The minimum atomic E-state index is -3.56. The Hall–Kier alpha value is -1.46. The number of nitrogens with zero attached hydrogens (tertiary/aromatic N) is 2. The van der Waals surface area contributed by atoms with Gasteiger partial charge >= 0.3 is 0 Å². The molecule has 0 aromatic heterocycles. The highest BCUT2D eigenvalue weighted by molar-refractivity contribution is 7.89. The standard InChI is InChI=1S/C13H17N3O3S/c1-16-6-7-19-12(10-16)9-15-20(17,18)13-4-2-11(8-14)3-5-13/h2-5,12,15H,6-7,9-10H2,1H3. The molecule has 0 saturated carbocycles. The van der Waals surface area contributed by atoms with Gasteiger partial charge in [0.1, 0.15) is 0 Å². The first-order valence-corrected chi connectivity index (χ1v) is 7.79. The van der Waals surface area contributed by atoms with Crippen LogP contribution in [0.3, 0.4) is 0 Å². The Bertz CT molecular complexity index is 592. The van der Waals surface area contributed by atoms with Gasteiger partial charge in [0.05, 0.1) is 29.2 Å². The van der Waals surface area contributed by atoms with Crippen LogP contribution in [-0.4, -0.2) is 52.7 Å². The number of benzene rings is 1.